The maximum atomic E-state index is 10.5. The van der Waals surface area contributed by atoms with Crippen LogP contribution in [-0.2, 0) is 0 Å². The van der Waals surface area contributed by atoms with Gasteiger partial charge in [-0.05, 0) is 49.9 Å². The summed E-state index contributed by atoms with van der Waals surface area (Å²) < 4.78 is 1.74. The number of rotatable bonds is 4. The van der Waals surface area contributed by atoms with Crippen molar-refractivity contribution >= 4 is 5.82 Å². The molecule has 3 aromatic rings. The van der Waals surface area contributed by atoms with Crippen LogP contribution in [0.3, 0.4) is 0 Å². The Bertz CT molecular complexity index is 945. The van der Waals surface area contributed by atoms with Gasteiger partial charge in [0.1, 0.15) is 18.4 Å². The lowest BCUT2D eigenvalue weighted by molar-refractivity contribution is 0.353. The van der Waals surface area contributed by atoms with Gasteiger partial charge in [0.05, 0.1) is 11.4 Å². The predicted molar refractivity (Wildman–Crippen MR) is 105 cm³/mol. The van der Waals surface area contributed by atoms with Crippen LogP contribution >= 0.6 is 0 Å². The summed E-state index contributed by atoms with van der Waals surface area (Å²) in [5.41, 5.74) is 2.09. The molecule has 2 bridgehead atoms. The minimum absolute atomic E-state index is 0.150. The second kappa shape index (κ2) is 6.87. The summed E-state index contributed by atoms with van der Waals surface area (Å²) in [5, 5.41) is 30.5. The van der Waals surface area contributed by atoms with E-state index in [-0.39, 0.29) is 5.75 Å². The van der Waals surface area contributed by atoms with Gasteiger partial charge in [-0.25, -0.2) is 0 Å². The van der Waals surface area contributed by atoms with E-state index in [4.69, 9.17) is 0 Å². The summed E-state index contributed by atoms with van der Waals surface area (Å²) in [4.78, 5) is 2.25. The van der Waals surface area contributed by atoms with Crippen molar-refractivity contribution in [1.29, 1.82) is 0 Å². The summed E-state index contributed by atoms with van der Waals surface area (Å²) >= 11 is 0. The van der Waals surface area contributed by atoms with Crippen LogP contribution in [-0.4, -0.2) is 55.2 Å². The number of aromatic hydroxyl groups is 1. The van der Waals surface area contributed by atoms with E-state index in [0.717, 1.165) is 24.3 Å². The Labute approximate surface area is 163 Å². The normalized spacial score (nSPS) is 23.7. The molecule has 4 heterocycles. The molecule has 0 spiro atoms. The summed E-state index contributed by atoms with van der Waals surface area (Å²) in [7, 11) is 2.10. The van der Waals surface area contributed by atoms with Gasteiger partial charge in [-0.1, -0.05) is 0 Å². The Hall–Kier alpha value is -3.00. The van der Waals surface area contributed by atoms with Crippen LogP contribution in [0.2, 0.25) is 0 Å². The molecule has 1 unspecified atom stereocenters. The predicted octanol–water partition coefficient (Wildman–Crippen LogP) is 2.15. The fraction of sp³-hybridized carbons (Fsp3) is 0.400. The number of aromatic nitrogens is 5. The molecule has 144 valence electrons. The Kier molecular flexibility index (Phi) is 4.20. The molecule has 2 aliphatic heterocycles. The topological polar surface area (TPSA) is 92.0 Å². The van der Waals surface area contributed by atoms with Crippen molar-refractivity contribution < 1.29 is 5.11 Å². The lowest BCUT2D eigenvalue weighted by Gasteiger charge is -2.36. The first kappa shape index (κ1) is 17.1. The number of anilines is 1. The number of piperidine rings is 1. The van der Waals surface area contributed by atoms with Crippen molar-refractivity contribution in [2.75, 3.05) is 11.9 Å². The van der Waals surface area contributed by atoms with Crippen LogP contribution in [0.4, 0.5) is 5.82 Å². The Balaban J connectivity index is 1.35. The minimum atomic E-state index is 0.150. The van der Waals surface area contributed by atoms with Gasteiger partial charge in [0.25, 0.3) is 0 Å². The minimum Gasteiger partial charge on any atom is -0.507 e. The molecule has 2 aromatic heterocycles. The molecule has 5 rings (SSSR count). The highest BCUT2D eigenvalue weighted by atomic mass is 16.3. The molecule has 2 aliphatic rings. The highest BCUT2D eigenvalue weighted by molar-refractivity contribution is 5.69. The van der Waals surface area contributed by atoms with Crippen molar-refractivity contribution in [3.8, 4) is 22.7 Å². The number of nitrogens with zero attached hydrogens (tertiary/aromatic N) is 6. The lowest BCUT2D eigenvalue weighted by Crippen LogP contribution is -2.47. The molecule has 28 heavy (non-hydrogen) atoms. The molecular weight excluding hydrogens is 354 g/mol. The van der Waals surface area contributed by atoms with E-state index in [1.807, 2.05) is 24.3 Å². The van der Waals surface area contributed by atoms with Gasteiger partial charge in [-0.15, -0.1) is 20.4 Å². The standard InChI is InChI=1S/C20H23N7O/c1-26(16-8-13-2-3-14(9-16)23-13)20-7-6-18(24-25-20)17-5-4-15(10-19(17)28)27-11-21-22-12-27/h4-7,10-14,16,23,28H,2-3,8-9H2,1H3/t13-,14?,16-/m1/s1. The fourth-order valence-corrected chi connectivity index (χ4v) is 4.42. The third-order valence-electron chi connectivity index (χ3n) is 5.98. The van der Waals surface area contributed by atoms with Crippen molar-refractivity contribution in [2.24, 2.45) is 0 Å². The number of hydrogen-bond donors (Lipinski definition) is 2. The number of hydrogen-bond acceptors (Lipinski definition) is 7. The van der Waals surface area contributed by atoms with E-state index in [1.165, 1.54) is 12.8 Å². The Morgan fingerprint density at radius 3 is 2.43 bits per heavy atom. The number of fused-ring (bicyclic) bond motifs is 2. The zero-order chi connectivity index (χ0) is 19.1. The maximum Gasteiger partial charge on any atom is 0.151 e. The zero-order valence-corrected chi connectivity index (χ0v) is 15.7. The fourth-order valence-electron chi connectivity index (χ4n) is 4.42. The third-order valence-corrected chi connectivity index (χ3v) is 5.98. The third kappa shape index (κ3) is 3.09. The summed E-state index contributed by atoms with van der Waals surface area (Å²) in [5.74, 6) is 1.02. The zero-order valence-electron chi connectivity index (χ0n) is 15.7. The van der Waals surface area contributed by atoms with Crippen LogP contribution in [0.25, 0.3) is 16.9 Å². The van der Waals surface area contributed by atoms with Crippen LogP contribution in [0.1, 0.15) is 25.7 Å². The molecule has 0 aliphatic carbocycles. The van der Waals surface area contributed by atoms with E-state index >= 15 is 0 Å². The molecule has 0 radical (unpaired) electrons. The van der Waals surface area contributed by atoms with Gasteiger partial charge in [0.2, 0.25) is 0 Å². The van der Waals surface area contributed by atoms with E-state index in [0.29, 0.717) is 29.4 Å². The van der Waals surface area contributed by atoms with Crippen LogP contribution in [0.5, 0.6) is 5.75 Å². The van der Waals surface area contributed by atoms with Gasteiger partial charge in [-0.2, -0.15) is 0 Å². The number of phenolic OH excluding ortho intramolecular Hbond substituents is 1. The van der Waals surface area contributed by atoms with E-state index in [9.17, 15) is 5.11 Å². The summed E-state index contributed by atoms with van der Waals surface area (Å²) in [6, 6.07) is 11.1. The first-order valence-electron chi connectivity index (χ1n) is 9.68. The molecule has 8 heteroatoms. The molecule has 2 saturated heterocycles. The van der Waals surface area contributed by atoms with Gasteiger partial charge >= 0.3 is 0 Å². The molecule has 8 nitrogen and oxygen atoms in total. The SMILES string of the molecule is CN(c1ccc(-c2ccc(-n3cnnc3)cc2O)nn1)[C@H]1CC2CC[C@H](C1)N2. The average Bonchev–Trinajstić information content (AvgIpc) is 3.37. The summed E-state index contributed by atoms with van der Waals surface area (Å²) in [6.45, 7) is 0. The molecule has 2 fully saturated rings. The van der Waals surface area contributed by atoms with Gasteiger partial charge in [0, 0.05) is 36.8 Å². The first-order chi connectivity index (χ1) is 13.7. The molecule has 3 atom stereocenters. The van der Waals surface area contributed by atoms with Crippen LogP contribution in [0.15, 0.2) is 43.0 Å². The molecular formula is C20H23N7O. The molecule has 0 amide bonds. The number of nitrogens with one attached hydrogen (secondary N) is 1. The molecule has 1 aromatic carbocycles. The highest BCUT2D eigenvalue weighted by Crippen LogP contribution is 2.32. The number of benzene rings is 1. The van der Waals surface area contributed by atoms with Gasteiger partial charge < -0.3 is 15.3 Å². The Morgan fingerprint density at radius 2 is 1.79 bits per heavy atom. The highest BCUT2D eigenvalue weighted by Gasteiger charge is 2.35. The van der Waals surface area contributed by atoms with E-state index in [2.05, 4.69) is 37.7 Å². The average molecular weight is 377 g/mol. The van der Waals surface area contributed by atoms with Crippen LogP contribution < -0.4 is 10.2 Å². The van der Waals surface area contributed by atoms with E-state index < -0.39 is 0 Å². The largest absolute Gasteiger partial charge is 0.507 e. The number of phenols is 1. The second-order valence-corrected chi connectivity index (χ2v) is 7.72. The summed E-state index contributed by atoms with van der Waals surface area (Å²) in [6.07, 6.45) is 8.05. The smallest absolute Gasteiger partial charge is 0.151 e. The second-order valence-electron chi connectivity index (χ2n) is 7.72. The monoisotopic (exact) mass is 377 g/mol. The quantitative estimate of drug-likeness (QED) is 0.720. The van der Waals surface area contributed by atoms with E-state index in [1.54, 1.807) is 23.3 Å². The Morgan fingerprint density at radius 1 is 1.04 bits per heavy atom. The van der Waals surface area contributed by atoms with Crippen molar-refractivity contribution in [1.82, 2.24) is 30.3 Å². The van der Waals surface area contributed by atoms with Crippen LogP contribution in [0, 0.1) is 0 Å². The van der Waals surface area contributed by atoms with Gasteiger partial charge in [0.15, 0.2) is 5.82 Å². The van der Waals surface area contributed by atoms with Crippen molar-refractivity contribution in [3.05, 3.63) is 43.0 Å². The molecule has 2 N–H and O–H groups in total. The lowest BCUT2D eigenvalue weighted by atomic mass is 9.98. The first-order valence-corrected chi connectivity index (χ1v) is 9.68. The molecule has 0 saturated carbocycles. The van der Waals surface area contributed by atoms with Gasteiger partial charge in [-0.3, -0.25) is 4.57 Å². The van der Waals surface area contributed by atoms with Crippen molar-refractivity contribution in [3.63, 3.8) is 0 Å². The van der Waals surface area contributed by atoms with Crippen molar-refractivity contribution in [2.45, 2.75) is 43.8 Å². The maximum absolute atomic E-state index is 10.5.